The van der Waals surface area contributed by atoms with Gasteiger partial charge >= 0.3 is 0 Å². The molecule has 0 aromatic heterocycles. The largest absolute Gasteiger partial charge is 0.343 e. The Morgan fingerprint density at radius 3 is 2.62 bits per heavy atom. The van der Waals surface area contributed by atoms with Gasteiger partial charge in [-0.2, -0.15) is 0 Å². The van der Waals surface area contributed by atoms with E-state index in [2.05, 4.69) is 21.2 Å². The molecule has 2 rings (SSSR count). The van der Waals surface area contributed by atoms with Crippen molar-refractivity contribution in [2.45, 2.75) is 12.8 Å². The number of carbonyl (C=O) groups excluding carboxylic acids is 2. The lowest BCUT2D eigenvalue weighted by atomic mass is 10.2. The summed E-state index contributed by atoms with van der Waals surface area (Å²) in [4.78, 5) is 35.7. The van der Waals surface area contributed by atoms with Gasteiger partial charge < -0.3 is 10.2 Å². The lowest BCUT2D eigenvalue weighted by Crippen LogP contribution is -2.38. The highest BCUT2D eigenvalue weighted by atomic mass is 79.9. The van der Waals surface area contributed by atoms with Crippen LogP contribution in [0.5, 0.6) is 0 Å². The number of carbonyl (C=O) groups is 2. The van der Waals surface area contributed by atoms with Crippen LogP contribution in [0.1, 0.15) is 23.2 Å². The van der Waals surface area contributed by atoms with E-state index in [1.165, 1.54) is 18.2 Å². The zero-order chi connectivity index (χ0) is 15.4. The van der Waals surface area contributed by atoms with Crippen LogP contribution < -0.4 is 5.32 Å². The molecular weight excluding hydrogens is 342 g/mol. The molecule has 8 heteroatoms. The molecule has 0 atom stereocenters. The second-order valence-corrected chi connectivity index (χ2v) is 5.55. The molecule has 1 aliphatic heterocycles. The molecule has 1 heterocycles. The number of nitro benzene ring substituents is 1. The minimum absolute atomic E-state index is 0.103. The average Bonchev–Trinajstić information content (AvgIpc) is 2.98. The van der Waals surface area contributed by atoms with Crippen LogP contribution in [-0.2, 0) is 4.79 Å². The lowest BCUT2D eigenvalue weighted by molar-refractivity contribution is -0.384. The van der Waals surface area contributed by atoms with Gasteiger partial charge in [0, 0.05) is 29.7 Å². The fourth-order valence-electron chi connectivity index (χ4n) is 2.13. The summed E-state index contributed by atoms with van der Waals surface area (Å²) in [5.74, 6) is -0.652. The number of nitrogens with zero attached hydrogens (tertiary/aromatic N) is 2. The summed E-state index contributed by atoms with van der Waals surface area (Å²) < 4.78 is 0.444. The minimum atomic E-state index is -0.571. The van der Waals surface area contributed by atoms with Crippen LogP contribution in [0.2, 0.25) is 0 Å². The SMILES string of the molecule is O=C(NCC(=O)N1CCCC1)c1cc([N+](=O)[O-])ccc1Br. The van der Waals surface area contributed by atoms with E-state index in [1.54, 1.807) is 4.90 Å². The van der Waals surface area contributed by atoms with Gasteiger partial charge in [0.25, 0.3) is 11.6 Å². The Morgan fingerprint density at radius 2 is 2.00 bits per heavy atom. The van der Waals surface area contributed by atoms with Crippen molar-refractivity contribution in [3.8, 4) is 0 Å². The van der Waals surface area contributed by atoms with E-state index < -0.39 is 10.8 Å². The van der Waals surface area contributed by atoms with Crippen molar-refractivity contribution in [2.24, 2.45) is 0 Å². The number of rotatable bonds is 4. The summed E-state index contributed by atoms with van der Waals surface area (Å²) in [5.41, 5.74) is -0.0346. The minimum Gasteiger partial charge on any atom is -0.343 e. The third-order valence-electron chi connectivity index (χ3n) is 3.26. The average molecular weight is 356 g/mol. The van der Waals surface area contributed by atoms with Crippen molar-refractivity contribution in [3.05, 3.63) is 38.3 Å². The zero-order valence-electron chi connectivity index (χ0n) is 11.2. The Bertz CT molecular complexity index is 585. The highest BCUT2D eigenvalue weighted by molar-refractivity contribution is 9.10. The van der Waals surface area contributed by atoms with Crippen LogP contribution >= 0.6 is 15.9 Å². The molecule has 1 aromatic rings. The number of halogens is 1. The molecule has 1 aromatic carbocycles. The third-order valence-corrected chi connectivity index (χ3v) is 3.96. The highest BCUT2D eigenvalue weighted by Crippen LogP contribution is 2.22. The predicted molar refractivity (Wildman–Crippen MR) is 78.9 cm³/mol. The number of amides is 2. The summed E-state index contributed by atoms with van der Waals surface area (Å²) in [7, 11) is 0. The van der Waals surface area contributed by atoms with Crippen molar-refractivity contribution < 1.29 is 14.5 Å². The summed E-state index contributed by atoms with van der Waals surface area (Å²) in [6.07, 6.45) is 1.96. The van der Waals surface area contributed by atoms with Gasteiger partial charge in [0.1, 0.15) is 0 Å². The predicted octanol–water partition coefficient (Wildman–Crippen LogP) is 1.71. The van der Waals surface area contributed by atoms with Crippen LogP contribution in [0.15, 0.2) is 22.7 Å². The fraction of sp³-hybridized carbons (Fsp3) is 0.385. The van der Waals surface area contributed by atoms with Gasteiger partial charge in [0.2, 0.25) is 5.91 Å². The summed E-state index contributed by atoms with van der Waals surface area (Å²) >= 11 is 3.17. The van der Waals surface area contributed by atoms with Crippen molar-refractivity contribution >= 4 is 33.4 Å². The molecule has 112 valence electrons. The van der Waals surface area contributed by atoms with Gasteiger partial charge in [0.15, 0.2) is 0 Å². The highest BCUT2D eigenvalue weighted by Gasteiger charge is 2.20. The van der Waals surface area contributed by atoms with Crippen molar-refractivity contribution in [1.29, 1.82) is 0 Å². The van der Waals surface area contributed by atoms with E-state index >= 15 is 0 Å². The molecule has 0 unspecified atom stereocenters. The monoisotopic (exact) mass is 355 g/mol. The van der Waals surface area contributed by atoms with Crippen molar-refractivity contribution in [1.82, 2.24) is 10.2 Å². The van der Waals surface area contributed by atoms with Gasteiger partial charge in [-0.05, 0) is 34.8 Å². The summed E-state index contributed by atoms with van der Waals surface area (Å²) in [5, 5.41) is 13.2. The Balaban J connectivity index is 2.01. The van der Waals surface area contributed by atoms with Crippen LogP contribution in [-0.4, -0.2) is 41.3 Å². The van der Waals surface area contributed by atoms with Crippen LogP contribution in [0.25, 0.3) is 0 Å². The first-order valence-electron chi connectivity index (χ1n) is 6.49. The number of hydrogen-bond donors (Lipinski definition) is 1. The molecule has 1 fully saturated rings. The second-order valence-electron chi connectivity index (χ2n) is 4.69. The molecule has 2 amide bonds. The maximum atomic E-state index is 12.0. The summed E-state index contributed by atoms with van der Waals surface area (Å²) in [6, 6.07) is 3.92. The van der Waals surface area contributed by atoms with Gasteiger partial charge in [-0.1, -0.05) is 0 Å². The van der Waals surface area contributed by atoms with E-state index in [9.17, 15) is 19.7 Å². The zero-order valence-corrected chi connectivity index (χ0v) is 12.8. The molecule has 21 heavy (non-hydrogen) atoms. The Hall–Kier alpha value is -1.96. The smallest absolute Gasteiger partial charge is 0.270 e. The van der Waals surface area contributed by atoms with E-state index in [0.29, 0.717) is 4.47 Å². The Morgan fingerprint density at radius 1 is 1.33 bits per heavy atom. The lowest BCUT2D eigenvalue weighted by Gasteiger charge is -2.15. The molecule has 0 bridgehead atoms. The first-order valence-corrected chi connectivity index (χ1v) is 7.28. The number of likely N-dealkylation sites (tertiary alicyclic amines) is 1. The van der Waals surface area contributed by atoms with Gasteiger partial charge in [-0.3, -0.25) is 19.7 Å². The molecular formula is C13H14BrN3O4. The first kappa shape index (κ1) is 15.4. The standard InChI is InChI=1S/C13H14BrN3O4/c14-11-4-3-9(17(20)21)7-10(11)13(19)15-8-12(18)16-5-1-2-6-16/h3-4,7H,1-2,5-6,8H2,(H,15,19). The topological polar surface area (TPSA) is 92.6 Å². The van der Waals surface area contributed by atoms with Crippen molar-refractivity contribution in [3.63, 3.8) is 0 Å². The number of nitro groups is 1. The number of benzene rings is 1. The summed E-state index contributed by atoms with van der Waals surface area (Å²) in [6.45, 7) is 1.33. The number of hydrogen-bond acceptors (Lipinski definition) is 4. The maximum Gasteiger partial charge on any atom is 0.270 e. The molecule has 0 spiro atoms. The second kappa shape index (κ2) is 6.66. The van der Waals surface area contributed by atoms with Gasteiger partial charge in [-0.15, -0.1) is 0 Å². The fourth-order valence-corrected chi connectivity index (χ4v) is 2.56. The third kappa shape index (κ3) is 3.78. The van der Waals surface area contributed by atoms with E-state index in [-0.39, 0.29) is 23.7 Å². The van der Waals surface area contributed by atoms with Crippen LogP contribution in [0.4, 0.5) is 5.69 Å². The van der Waals surface area contributed by atoms with Crippen molar-refractivity contribution in [2.75, 3.05) is 19.6 Å². The number of non-ortho nitro benzene ring substituents is 1. The molecule has 0 aliphatic carbocycles. The first-order chi connectivity index (χ1) is 9.99. The van der Waals surface area contributed by atoms with E-state index in [4.69, 9.17) is 0 Å². The molecule has 0 radical (unpaired) electrons. The molecule has 1 N–H and O–H groups in total. The quantitative estimate of drug-likeness (QED) is 0.657. The maximum absolute atomic E-state index is 12.0. The Kier molecular flexibility index (Phi) is 4.89. The Labute approximate surface area is 129 Å². The van der Waals surface area contributed by atoms with E-state index in [0.717, 1.165) is 25.9 Å². The molecule has 1 aliphatic rings. The van der Waals surface area contributed by atoms with Crippen LogP contribution in [0, 0.1) is 10.1 Å². The molecule has 1 saturated heterocycles. The van der Waals surface area contributed by atoms with Gasteiger partial charge in [-0.25, -0.2) is 0 Å². The number of nitrogens with one attached hydrogen (secondary N) is 1. The normalized spacial score (nSPS) is 14.0. The molecule has 7 nitrogen and oxygen atoms in total. The van der Waals surface area contributed by atoms with Crippen LogP contribution in [0.3, 0.4) is 0 Å². The van der Waals surface area contributed by atoms with E-state index in [1.807, 2.05) is 0 Å². The molecule has 0 saturated carbocycles. The van der Waals surface area contributed by atoms with Gasteiger partial charge in [0.05, 0.1) is 17.0 Å².